The maximum atomic E-state index is 12.1. The summed E-state index contributed by atoms with van der Waals surface area (Å²) in [4.78, 5) is 29.5. The summed E-state index contributed by atoms with van der Waals surface area (Å²) in [6.07, 6.45) is 3.29. The van der Waals surface area contributed by atoms with Crippen LogP contribution in [0.3, 0.4) is 0 Å². The Labute approximate surface area is 126 Å². The molecule has 4 nitrogen and oxygen atoms in total. The molecule has 3 rings (SSSR count). The third-order valence-corrected chi connectivity index (χ3v) is 3.21. The first-order valence-electron chi connectivity index (χ1n) is 6.88. The Kier molecular flexibility index (Phi) is 3.83. The van der Waals surface area contributed by atoms with Gasteiger partial charge in [0, 0.05) is 0 Å². The van der Waals surface area contributed by atoms with Crippen molar-refractivity contribution in [3.05, 3.63) is 103 Å². The van der Waals surface area contributed by atoms with Gasteiger partial charge >= 0.3 is 0 Å². The van der Waals surface area contributed by atoms with Gasteiger partial charge in [0.1, 0.15) is 10.7 Å². The maximum Gasteiger partial charge on any atom is 0.272 e. The zero-order chi connectivity index (χ0) is 15.4. The first-order chi connectivity index (χ1) is 10.7. The zero-order valence-electron chi connectivity index (χ0n) is 11.7. The number of aromatic amines is 2. The van der Waals surface area contributed by atoms with Crippen LogP contribution in [-0.2, 0) is 0 Å². The molecule has 2 N–H and O–H groups in total. The minimum Gasteiger partial charge on any atom is -0.316 e. The summed E-state index contributed by atoms with van der Waals surface area (Å²) in [7, 11) is 0. The van der Waals surface area contributed by atoms with E-state index in [1.165, 1.54) is 0 Å². The van der Waals surface area contributed by atoms with Gasteiger partial charge in [-0.25, -0.2) is 0 Å². The molecular weight excluding hydrogens is 276 g/mol. The predicted molar refractivity (Wildman–Crippen MR) is 87.0 cm³/mol. The van der Waals surface area contributed by atoms with Gasteiger partial charge in [0.2, 0.25) is 0 Å². The highest BCUT2D eigenvalue weighted by molar-refractivity contribution is 5.49. The van der Waals surface area contributed by atoms with Crippen molar-refractivity contribution in [1.29, 1.82) is 0 Å². The molecule has 0 spiro atoms. The van der Waals surface area contributed by atoms with Crippen LogP contribution in [0.4, 0.5) is 0 Å². The van der Waals surface area contributed by atoms with Crippen LogP contribution in [0.25, 0.3) is 12.2 Å². The van der Waals surface area contributed by atoms with Gasteiger partial charge in [0.25, 0.3) is 11.1 Å². The Hall–Kier alpha value is -3.14. The molecule has 0 fully saturated rings. The first-order valence-corrected chi connectivity index (χ1v) is 6.88. The standard InChI is InChI=1S/C18H14N2O2/c21-17-15(11-13-7-3-1-4-8-13)19-18(22)16(20-17)12-14-9-5-2-6-10-14/h1-12H,(H,19,22)(H,20,21). The fourth-order valence-corrected chi connectivity index (χ4v) is 2.13. The summed E-state index contributed by atoms with van der Waals surface area (Å²) in [5.74, 6) is 0. The van der Waals surface area contributed by atoms with E-state index in [0.29, 0.717) is 0 Å². The minimum absolute atomic E-state index is 0.237. The van der Waals surface area contributed by atoms with Crippen LogP contribution in [0.1, 0.15) is 11.1 Å². The molecule has 1 aromatic heterocycles. The smallest absolute Gasteiger partial charge is 0.272 e. The lowest BCUT2D eigenvalue weighted by Crippen LogP contribution is -2.46. The summed E-state index contributed by atoms with van der Waals surface area (Å²) in [5, 5.41) is 0.475. The van der Waals surface area contributed by atoms with Crippen molar-refractivity contribution >= 4 is 12.2 Å². The van der Waals surface area contributed by atoms with E-state index in [4.69, 9.17) is 0 Å². The van der Waals surface area contributed by atoms with E-state index in [2.05, 4.69) is 9.97 Å². The van der Waals surface area contributed by atoms with E-state index in [9.17, 15) is 9.59 Å². The number of benzene rings is 2. The van der Waals surface area contributed by atoms with E-state index in [-0.39, 0.29) is 21.8 Å². The molecule has 0 saturated carbocycles. The van der Waals surface area contributed by atoms with Crippen LogP contribution in [-0.4, -0.2) is 9.97 Å². The number of nitrogens with one attached hydrogen (secondary N) is 2. The summed E-state index contributed by atoms with van der Waals surface area (Å²) in [5.41, 5.74) is 1.04. The molecule has 0 bridgehead atoms. The van der Waals surface area contributed by atoms with E-state index in [1.807, 2.05) is 60.7 Å². The third kappa shape index (κ3) is 3.12. The lowest BCUT2D eigenvalue weighted by Gasteiger charge is -1.94. The van der Waals surface area contributed by atoms with Crippen molar-refractivity contribution in [2.45, 2.75) is 0 Å². The van der Waals surface area contributed by atoms with Crippen LogP contribution in [0, 0.1) is 0 Å². The SMILES string of the molecule is O=c1[nH]c(=Cc2ccccc2)c(=O)[nH]c1=Cc1ccccc1. The second kappa shape index (κ2) is 6.10. The first kappa shape index (κ1) is 13.8. The Morgan fingerprint density at radius 3 is 1.32 bits per heavy atom. The Bertz CT molecular complexity index is 915. The molecule has 1 heterocycles. The van der Waals surface area contributed by atoms with Crippen molar-refractivity contribution in [3.63, 3.8) is 0 Å². The van der Waals surface area contributed by atoms with E-state index < -0.39 is 0 Å². The molecule has 3 aromatic rings. The Morgan fingerprint density at radius 2 is 0.955 bits per heavy atom. The van der Waals surface area contributed by atoms with Crippen LogP contribution in [0.5, 0.6) is 0 Å². The normalized spacial score (nSPS) is 12.5. The topological polar surface area (TPSA) is 65.7 Å². The van der Waals surface area contributed by atoms with Crippen molar-refractivity contribution < 1.29 is 0 Å². The summed E-state index contributed by atoms with van der Waals surface area (Å²) in [6.45, 7) is 0. The van der Waals surface area contributed by atoms with Crippen molar-refractivity contribution in [1.82, 2.24) is 9.97 Å². The number of rotatable bonds is 2. The number of hydrogen-bond donors (Lipinski definition) is 2. The van der Waals surface area contributed by atoms with Gasteiger partial charge in [0.15, 0.2) is 0 Å². The van der Waals surface area contributed by atoms with Crippen LogP contribution >= 0.6 is 0 Å². The lowest BCUT2D eigenvalue weighted by atomic mass is 10.2. The molecule has 0 aliphatic carbocycles. The molecule has 22 heavy (non-hydrogen) atoms. The average Bonchev–Trinajstić information content (AvgIpc) is 2.54. The number of hydrogen-bond acceptors (Lipinski definition) is 2. The molecule has 0 radical (unpaired) electrons. The quantitative estimate of drug-likeness (QED) is 0.730. The summed E-state index contributed by atoms with van der Waals surface area (Å²) < 4.78 is 0. The molecule has 0 atom stereocenters. The molecule has 2 aromatic carbocycles. The Balaban J connectivity index is 2.14. The summed E-state index contributed by atoms with van der Waals surface area (Å²) in [6, 6.07) is 18.7. The fourth-order valence-electron chi connectivity index (χ4n) is 2.13. The van der Waals surface area contributed by atoms with E-state index in [1.54, 1.807) is 12.2 Å². The van der Waals surface area contributed by atoms with Crippen LogP contribution in [0.15, 0.2) is 70.3 Å². The van der Waals surface area contributed by atoms with Crippen LogP contribution in [0.2, 0.25) is 0 Å². The largest absolute Gasteiger partial charge is 0.316 e. The van der Waals surface area contributed by atoms with Crippen molar-refractivity contribution in [2.75, 3.05) is 0 Å². The molecular formula is C18H14N2O2. The fraction of sp³-hybridized carbons (Fsp3) is 0. The molecule has 0 aliphatic rings. The molecule has 4 heteroatoms. The third-order valence-electron chi connectivity index (χ3n) is 3.21. The van der Waals surface area contributed by atoms with Gasteiger partial charge in [-0.1, -0.05) is 60.7 Å². The highest BCUT2D eigenvalue weighted by Crippen LogP contribution is 1.98. The average molecular weight is 290 g/mol. The molecule has 0 saturated heterocycles. The lowest BCUT2D eigenvalue weighted by molar-refractivity contribution is 1.00. The van der Waals surface area contributed by atoms with Gasteiger partial charge in [-0.05, 0) is 23.3 Å². The maximum absolute atomic E-state index is 12.1. The summed E-state index contributed by atoms with van der Waals surface area (Å²) >= 11 is 0. The number of H-pyrrole nitrogens is 2. The van der Waals surface area contributed by atoms with Gasteiger partial charge in [-0.2, -0.15) is 0 Å². The zero-order valence-corrected chi connectivity index (χ0v) is 11.7. The molecule has 108 valence electrons. The molecule has 0 aliphatic heterocycles. The molecule has 0 unspecified atom stereocenters. The number of aromatic nitrogens is 2. The Morgan fingerprint density at radius 1 is 0.591 bits per heavy atom. The monoisotopic (exact) mass is 290 g/mol. The van der Waals surface area contributed by atoms with Gasteiger partial charge in [-0.15, -0.1) is 0 Å². The highest BCUT2D eigenvalue weighted by atomic mass is 16.1. The second-order valence-electron chi connectivity index (χ2n) is 4.85. The van der Waals surface area contributed by atoms with E-state index >= 15 is 0 Å². The van der Waals surface area contributed by atoms with E-state index in [0.717, 1.165) is 11.1 Å². The highest BCUT2D eigenvalue weighted by Gasteiger charge is 1.96. The molecule has 0 amide bonds. The van der Waals surface area contributed by atoms with Crippen LogP contribution < -0.4 is 21.8 Å². The van der Waals surface area contributed by atoms with Crippen molar-refractivity contribution in [2.24, 2.45) is 0 Å². The van der Waals surface area contributed by atoms with Gasteiger partial charge in [0.05, 0.1) is 0 Å². The second-order valence-corrected chi connectivity index (χ2v) is 4.85. The van der Waals surface area contributed by atoms with Gasteiger partial charge in [-0.3, -0.25) is 9.59 Å². The minimum atomic E-state index is -0.328. The predicted octanol–water partition coefficient (Wildman–Crippen LogP) is 0.721. The van der Waals surface area contributed by atoms with Crippen molar-refractivity contribution in [3.8, 4) is 0 Å². The van der Waals surface area contributed by atoms with Gasteiger partial charge < -0.3 is 9.97 Å².